The van der Waals surface area contributed by atoms with Gasteiger partial charge in [0.1, 0.15) is 22.6 Å². The van der Waals surface area contributed by atoms with Crippen molar-refractivity contribution in [1.29, 1.82) is 0 Å². The smallest absolute Gasteiger partial charge is 0.164 e. The normalized spacial score (nSPS) is 11.9. The molecule has 232 valence electrons. The second kappa shape index (κ2) is 10.7. The minimum Gasteiger partial charge on any atom is -0.324 e. The summed E-state index contributed by atoms with van der Waals surface area (Å²) in [5.74, 6) is 2.36. The first-order valence-electron chi connectivity index (χ1n) is 16.5. The van der Waals surface area contributed by atoms with Crippen molar-refractivity contribution in [2.45, 2.75) is 19.8 Å². The van der Waals surface area contributed by atoms with E-state index < -0.39 is 0 Å². The highest BCUT2D eigenvalue weighted by molar-refractivity contribution is 6.12. The van der Waals surface area contributed by atoms with E-state index in [-0.39, 0.29) is 0 Å². The first-order chi connectivity index (χ1) is 24.2. The second-order valence-corrected chi connectivity index (χ2v) is 12.4. The summed E-state index contributed by atoms with van der Waals surface area (Å²) in [6.45, 7) is 2.21. The van der Waals surface area contributed by atoms with Gasteiger partial charge in [0.2, 0.25) is 0 Å². The summed E-state index contributed by atoms with van der Waals surface area (Å²) in [7, 11) is 0. The summed E-state index contributed by atoms with van der Waals surface area (Å²) < 4.78 is 0. The van der Waals surface area contributed by atoms with Gasteiger partial charge in [0.25, 0.3) is 0 Å². The van der Waals surface area contributed by atoms with Crippen LogP contribution < -0.4 is 0 Å². The fourth-order valence-electron chi connectivity index (χ4n) is 7.07. The van der Waals surface area contributed by atoms with Crippen LogP contribution in [0.5, 0.6) is 0 Å². The largest absolute Gasteiger partial charge is 0.324 e. The Morgan fingerprint density at radius 3 is 1.37 bits per heavy atom. The van der Waals surface area contributed by atoms with E-state index in [0.717, 1.165) is 67.8 Å². The van der Waals surface area contributed by atoms with Gasteiger partial charge >= 0.3 is 0 Å². The van der Waals surface area contributed by atoms with E-state index >= 15 is 0 Å². The van der Waals surface area contributed by atoms with Crippen molar-refractivity contribution in [3.8, 4) is 56.7 Å². The van der Waals surface area contributed by atoms with Gasteiger partial charge in [0, 0.05) is 43.8 Å². The molecule has 0 aliphatic carbocycles. The highest BCUT2D eigenvalue weighted by Gasteiger charge is 2.22. The van der Waals surface area contributed by atoms with Gasteiger partial charge in [0.05, 0.1) is 0 Å². The van der Waals surface area contributed by atoms with Crippen LogP contribution in [0.1, 0.15) is 18.9 Å². The van der Waals surface area contributed by atoms with Gasteiger partial charge in [-0.25, -0.2) is 29.9 Å². The Balaban J connectivity index is 1.37. The molecule has 10 rings (SSSR count). The number of hydrogen-bond donors (Lipinski definition) is 2. The van der Waals surface area contributed by atoms with Gasteiger partial charge in [-0.3, -0.25) is 0 Å². The van der Waals surface area contributed by atoms with Crippen LogP contribution in [-0.4, -0.2) is 39.9 Å². The van der Waals surface area contributed by atoms with Crippen molar-refractivity contribution in [3.63, 3.8) is 0 Å². The highest BCUT2D eigenvalue weighted by Crippen LogP contribution is 2.38. The average molecular weight is 633 g/mol. The van der Waals surface area contributed by atoms with Gasteiger partial charge in [-0.05, 0) is 23.1 Å². The van der Waals surface area contributed by atoms with Crippen molar-refractivity contribution in [2.75, 3.05) is 0 Å². The molecule has 0 saturated heterocycles. The third kappa shape index (κ3) is 4.38. The Kier molecular flexibility index (Phi) is 6.05. The molecular weight excluding hydrogens is 605 g/mol. The number of aromatic amines is 2. The topological polar surface area (TPSA) is 109 Å². The maximum Gasteiger partial charge on any atom is 0.164 e. The van der Waals surface area contributed by atoms with Crippen LogP contribution in [0.25, 0.3) is 101 Å². The van der Waals surface area contributed by atoms with E-state index in [4.69, 9.17) is 29.9 Å². The molecule has 49 heavy (non-hydrogen) atoms. The summed E-state index contributed by atoms with van der Waals surface area (Å²) in [6.07, 6.45) is 2.16. The number of aromatic nitrogens is 8. The molecule has 0 atom stereocenters. The van der Waals surface area contributed by atoms with E-state index in [1.807, 2.05) is 72.8 Å². The Morgan fingerprint density at radius 1 is 0.408 bits per heavy atom. The lowest BCUT2D eigenvalue weighted by atomic mass is 9.98. The third-order valence-corrected chi connectivity index (χ3v) is 9.38. The Morgan fingerprint density at radius 2 is 0.837 bits per heavy atom. The lowest BCUT2D eigenvalue weighted by molar-refractivity contribution is 0.922. The average Bonchev–Trinajstić information content (AvgIpc) is 3.88. The molecule has 0 saturated carbocycles. The Labute approximate surface area is 280 Å². The van der Waals surface area contributed by atoms with Crippen LogP contribution in [0.3, 0.4) is 0 Å². The zero-order valence-corrected chi connectivity index (χ0v) is 26.6. The molecule has 8 bridgehead atoms. The van der Waals surface area contributed by atoms with Crippen LogP contribution >= 0.6 is 0 Å². The quantitative estimate of drug-likeness (QED) is 0.201. The summed E-state index contributed by atoms with van der Waals surface area (Å²) in [5, 5.41) is 3.82. The van der Waals surface area contributed by atoms with Crippen LogP contribution in [0.15, 0.2) is 115 Å². The lowest BCUT2D eigenvalue weighted by Gasteiger charge is -2.06. The zero-order valence-electron chi connectivity index (χ0n) is 26.6. The lowest BCUT2D eigenvalue weighted by Crippen LogP contribution is -1.85. The van der Waals surface area contributed by atoms with Crippen LogP contribution in [-0.2, 0) is 6.42 Å². The molecule has 8 heteroatoms. The van der Waals surface area contributed by atoms with Crippen LogP contribution in [0.4, 0.5) is 0 Å². The number of nitrogens with zero attached hydrogens (tertiary/aromatic N) is 6. The van der Waals surface area contributed by atoms with Crippen molar-refractivity contribution in [3.05, 3.63) is 121 Å². The number of rotatable bonds is 3. The van der Waals surface area contributed by atoms with Crippen LogP contribution in [0.2, 0.25) is 0 Å². The molecule has 2 aliphatic rings. The van der Waals surface area contributed by atoms with Crippen molar-refractivity contribution in [2.24, 2.45) is 0 Å². The first-order valence-corrected chi connectivity index (χ1v) is 16.5. The number of nitrogens with one attached hydrogen (secondary N) is 2. The van der Waals surface area contributed by atoms with Gasteiger partial charge in [-0.2, -0.15) is 0 Å². The maximum absolute atomic E-state index is 5.25. The highest BCUT2D eigenvalue weighted by atomic mass is 15.1. The molecule has 0 amide bonds. The SMILES string of the molecule is CCCc1ccc(-c2cccc3c4nc5nc(nc6[nH]c(nc7nc(nc([nH]4)c23)-c2ccccc2-7)c2ccccc62)-c2ccccc2-5)cc1. The van der Waals surface area contributed by atoms with Crippen molar-refractivity contribution >= 4 is 44.1 Å². The van der Waals surface area contributed by atoms with Gasteiger partial charge in [-0.15, -0.1) is 0 Å². The summed E-state index contributed by atoms with van der Waals surface area (Å²) in [4.78, 5) is 37.8. The molecule has 8 nitrogen and oxygen atoms in total. The molecule has 5 aromatic carbocycles. The van der Waals surface area contributed by atoms with E-state index in [1.54, 1.807) is 0 Å². The van der Waals surface area contributed by atoms with E-state index in [0.29, 0.717) is 45.9 Å². The molecule has 0 unspecified atom stereocenters. The summed E-state index contributed by atoms with van der Waals surface area (Å²) in [6, 6.07) is 39.5. The Hall–Kier alpha value is -6.54. The summed E-state index contributed by atoms with van der Waals surface area (Å²) in [5.41, 5.74) is 9.89. The second-order valence-electron chi connectivity index (χ2n) is 12.4. The number of hydrogen-bond acceptors (Lipinski definition) is 6. The number of benzene rings is 5. The van der Waals surface area contributed by atoms with E-state index in [2.05, 4.69) is 59.4 Å². The molecule has 0 fully saturated rings. The van der Waals surface area contributed by atoms with Crippen molar-refractivity contribution in [1.82, 2.24) is 39.9 Å². The van der Waals surface area contributed by atoms with Crippen LogP contribution in [0, 0.1) is 0 Å². The molecular formula is C41H28N8. The third-order valence-electron chi connectivity index (χ3n) is 9.38. The maximum atomic E-state index is 5.25. The molecule has 8 aromatic rings. The number of aryl methyl sites for hydroxylation is 1. The zero-order chi connectivity index (χ0) is 32.5. The monoisotopic (exact) mass is 632 g/mol. The first kappa shape index (κ1) is 27.6. The molecule has 0 spiro atoms. The predicted molar refractivity (Wildman–Crippen MR) is 195 cm³/mol. The van der Waals surface area contributed by atoms with E-state index in [9.17, 15) is 0 Å². The van der Waals surface area contributed by atoms with Gasteiger partial charge in [0.15, 0.2) is 23.3 Å². The minimum absolute atomic E-state index is 0.587. The molecule has 3 aromatic heterocycles. The van der Waals surface area contributed by atoms with Gasteiger partial charge < -0.3 is 9.97 Å². The molecule has 5 heterocycles. The molecule has 2 N–H and O–H groups in total. The Bertz CT molecular complexity index is 2790. The molecule has 0 radical (unpaired) electrons. The van der Waals surface area contributed by atoms with Gasteiger partial charge in [-0.1, -0.05) is 129 Å². The predicted octanol–water partition coefficient (Wildman–Crippen LogP) is 9.49. The number of fused-ring (bicyclic) bond motifs is 20. The molecule has 2 aliphatic heterocycles. The summed E-state index contributed by atoms with van der Waals surface area (Å²) >= 11 is 0. The standard InChI is InChI=1S/C41H28N8/c1-2-10-23-19-21-24(22-20-23)25-17-9-18-32-33(25)41-48-39-31-16-8-7-15-30(31)37(46-39)44-35-27-12-4-3-11-26(27)34(42-35)43-36-28-13-5-6-14-29(28)38(45-36)47-40(32)49-41/h3-9,11-22H,2,10H2,1H3,(H2,42,43,44,45,46,47,48,49). The minimum atomic E-state index is 0.587. The fourth-order valence-corrected chi connectivity index (χ4v) is 7.07. The van der Waals surface area contributed by atoms with E-state index in [1.165, 1.54) is 5.56 Å². The van der Waals surface area contributed by atoms with Crippen molar-refractivity contribution < 1.29 is 0 Å². The number of H-pyrrole nitrogens is 2. The fraction of sp³-hybridized carbons (Fsp3) is 0.0732.